The summed E-state index contributed by atoms with van der Waals surface area (Å²) in [7, 11) is 0. The summed E-state index contributed by atoms with van der Waals surface area (Å²) in [5.74, 6) is -1.02. The van der Waals surface area contributed by atoms with Crippen LogP contribution in [0.25, 0.3) is 0 Å². The number of Topliss-reactive ketones (excluding diaryl/α,β-unsaturated/α-hetero) is 1. The van der Waals surface area contributed by atoms with E-state index in [0.29, 0.717) is 0 Å². The molecule has 2 aliphatic rings. The molecule has 0 aromatic heterocycles. The number of hydrogen-bond acceptors (Lipinski definition) is 5. The van der Waals surface area contributed by atoms with E-state index in [9.17, 15) is 19.8 Å². The largest absolute Gasteiger partial charge is 0.465 e. The Labute approximate surface area is 131 Å². The van der Waals surface area contributed by atoms with E-state index >= 15 is 0 Å². The molecule has 0 saturated heterocycles. The fourth-order valence-electron chi connectivity index (χ4n) is 3.96. The van der Waals surface area contributed by atoms with Crippen LogP contribution in [0.15, 0.2) is 12.2 Å². The molecule has 0 amide bonds. The molecule has 6 atom stereocenters. The Morgan fingerprint density at radius 1 is 1.36 bits per heavy atom. The molecule has 2 rings (SSSR count). The van der Waals surface area contributed by atoms with E-state index in [2.05, 4.69) is 0 Å². The maximum Gasteiger partial charge on any atom is 0.302 e. The van der Waals surface area contributed by atoms with E-state index in [1.54, 1.807) is 13.0 Å². The molecule has 0 aromatic carbocycles. The molecule has 5 nitrogen and oxygen atoms in total. The van der Waals surface area contributed by atoms with Crippen molar-refractivity contribution in [3.63, 3.8) is 0 Å². The lowest BCUT2D eigenvalue weighted by Crippen LogP contribution is -2.52. The van der Waals surface area contributed by atoms with Crippen LogP contribution in [0, 0.1) is 23.7 Å². The molecule has 0 spiro atoms. The van der Waals surface area contributed by atoms with Crippen LogP contribution in [0.5, 0.6) is 0 Å². The fourth-order valence-corrected chi connectivity index (χ4v) is 3.96. The molecule has 1 saturated carbocycles. The second kappa shape index (κ2) is 6.50. The topological polar surface area (TPSA) is 83.8 Å². The molecule has 0 bridgehead atoms. The van der Waals surface area contributed by atoms with Gasteiger partial charge in [-0.25, -0.2) is 0 Å². The SMILES string of the molecule is CC(=O)OCCC(=O)C1C2CCC(C)C(O)C2C=CC1(C)O. The van der Waals surface area contributed by atoms with Crippen molar-refractivity contribution in [2.45, 2.75) is 51.7 Å². The van der Waals surface area contributed by atoms with Crippen molar-refractivity contribution in [1.29, 1.82) is 0 Å². The normalized spacial score (nSPS) is 40.9. The second-order valence-electron chi connectivity index (χ2n) is 6.91. The Kier molecular flexibility index (Phi) is 5.07. The molecule has 0 aliphatic heterocycles. The quantitative estimate of drug-likeness (QED) is 0.607. The summed E-state index contributed by atoms with van der Waals surface area (Å²) in [6.07, 6.45) is 4.79. The van der Waals surface area contributed by atoms with Crippen LogP contribution in [0.2, 0.25) is 0 Å². The fraction of sp³-hybridized carbons (Fsp3) is 0.765. The number of fused-ring (bicyclic) bond motifs is 1. The number of esters is 1. The van der Waals surface area contributed by atoms with Crippen molar-refractivity contribution in [3.8, 4) is 0 Å². The Balaban J connectivity index is 2.15. The highest BCUT2D eigenvalue weighted by molar-refractivity contribution is 5.83. The number of hydrogen-bond donors (Lipinski definition) is 2. The van der Waals surface area contributed by atoms with E-state index in [0.717, 1.165) is 12.8 Å². The van der Waals surface area contributed by atoms with Crippen LogP contribution in [-0.4, -0.2) is 40.3 Å². The first-order valence-corrected chi connectivity index (χ1v) is 8.00. The van der Waals surface area contributed by atoms with E-state index in [-0.39, 0.29) is 36.6 Å². The molecule has 5 heteroatoms. The van der Waals surface area contributed by atoms with Crippen LogP contribution in [-0.2, 0) is 14.3 Å². The molecule has 2 aliphatic carbocycles. The van der Waals surface area contributed by atoms with Gasteiger partial charge in [-0.15, -0.1) is 0 Å². The molecule has 22 heavy (non-hydrogen) atoms. The summed E-state index contributed by atoms with van der Waals surface area (Å²) in [6.45, 7) is 5.00. The zero-order chi connectivity index (χ0) is 16.5. The van der Waals surface area contributed by atoms with Gasteiger partial charge >= 0.3 is 5.97 Å². The number of rotatable bonds is 4. The highest BCUT2D eigenvalue weighted by Gasteiger charge is 2.50. The third kappa shape index (κ3) is 3.41. The van der Waals surface area contributed by atoms with Gasteiger partial charge in [-0.1, -0.05) is 19.1 Å². The van der Waals surface area contributed by atoms with Crippen LogP contribution in [0.1, 0.15) is 40.0 Å². The molecule has 2 N–H and O–H groups in total. The first-order chi connectivity index (χ1) is 10.2. The summed E-state index contributed by atoms with van der Waals surface area (Å²) < 4.78 is 4.84. The first kappa shape index (κ1) is 17.2. The summed E-state index contributed by atoms with van der Waals surface area (Å²) >= 11 is 0. The number of ether oxygens (including phenoxy) is 1. The predicted molar refractivity (Wildman–Crippen MR) is 80.9 cm³/mol. The van der Waals surface area contributed by atoms with E-state index < -0.39 is 23.6 Å². The molecule has 0 radical (unpaired) electrons. The predicted octanol–water partition coefficient (Wildman–Crippen LogP) is 1.47. The Morgan fingerprint density at radius 3 is 2.68 bits per heavy atom. The monoisotopic (exact) mass is 310 g/mol. The van der Waals surface area contributed by atoms with Crippen LogP contribution < -0.4 is 0 Å². The third-order valence-electron chi connectivity index (χ3n) is 5.14. The van der Waals surface area contributed by atoms with E-state index in [1.165, 1.54) is 6.92 Å². The van der Waals surface area contributed by atoms with Crippen molar-refractivity contribution in [1.82, 2.24) is 0 Å². The lowest BCUT2D eigenvalue weighted by Gasteiger charge is -2.48. The smallest absolute Gasteiger partial charge is 0.302 e. The summed E-state index contributed by atoms with van der Waals surface area (Å²) in [5.41, 5.74) is -1.21. The van der Waals surface area contributed by atoms with Crippen molar-refractivity contribution in [3.05, 3.63) is 12.2 Å². The van der Waals surface area contributed by atoms with Gasteiger partial charge in [-0.3, -0.25) is 9.59 Å². The summed E-state index contributed by atoms with van der Waals surface area (Å²) in [4.78, 5) is 23.4. The van der Waals surface area contributed by atoms with Gasteiger partial charge in [0, 0.05) is 19.3 Å². The highest BCUT2D eigenvalue weighted by atomic mass is 16.5. The van der Waals surface area contributed by atoms with Gasteiger partial charge in [0.05, 0.1) is 24.2 Å². The molecule has 124 valence electrons. The van der Waals surface area contributed by atoms with Crippen molar-refractivity contribution < 1.29 is 24.5 Å². The number of carbonyl (C=O) groups is 2. The minimum absolute atomic E-state index is 0.0425. The van der Waals surface area contributed by atoms with Gasteiger partial charge in [0.1, 0.15) is 5.78 Å². The zero-order valence-electron chi connectivity index (χ0n) is 13.5. The summed E-state index contributed by atoms with van der Waals surface area (Å²) in [6, 6.07) is 0. The van der Waals surface area contributed by atoms with Gasteiger partial charge < -0.3 is 14.9 Å². The maximum absolute atomic E-state index is 12.6. The van der Waals surface area contributed by atoms with Crippen molar-refractivity contribution in [2.75, 3.05) is 6.61 Å². The first-order valence-electron chi connectivity index (χ1n) is 8.00. The molecular weight excluding hydrogens is 284 g/mol. The van der Waals surface area contributed by atoms with E-state index in [4.69, 9.17) is 4.74 Å². The molecular formula is C17H26O5. The lowest BCUT2D eigenvalue weighted by atomic mass is 9.59. The average molecular weight is 310 g/mol. The average Bonchev–Trinajstić information content (AvgIpc) is 2.41. The van der Waals surface area contributed by atoms with Crippen LogP contribution in [0.3, 0.4) is 0 Å². The number of aliphatic hydroxyl groups excluding tert-OH is 1. The Morgan fingerprint density at radius 2 is 2.05 bits per heavy atom. The number of aliphatic hydroxyl groups is 2. The second-order valence-corrected chi connectivity index (χ2v) is 6.91. The van der Waals surface area contributed by atoms with Gasteiger partial charge in [0.15, 0.2) is 0 Å². The summed E-state index contributed by atoms with van der Waals surface area (Å²) in [5, 5.41) is 21.0. The minimum atomic E-state index is -1.21. The lowest BCUT2D eigenvalue weighted by molar-refractivity contribution is -0.144. The third-order valence-corrected chi connectivity index (χ3v) is 5.14. The number of ketones is 1. The minimum Gasteiger partial charge on any atom is -0.465 e. The van der Waals surface area contributed by atoms with Gasteiger partial charge in [0.2, 0.25) is 0 Å². The van der Waals surface area contributed by atoms with Crippen LogP contribution in [0.4, 0.5) is 0 Å². The van der Waals surface area contributed by atoms with E-state index in [1.807, 2.05) is 13.0 Å². The Bertz CT molecular complexity index is 468. The number of carbonyl (C=O) groups excluding carboxylic acids is 2. The van der Waals surface area contributed by atoms with Gasteiger partial charge in [-0.05, 0) is 31.6 Å². The van der Waals surface area contributed by atoms with Gasteiger partial charge in [0.25, 0.3) is 0 Å². The van der Waals surface area contributed by atoms with Crippen molar-refractivity contribution >= 4 is 11.8 Å². The highest BCUT2D eigenvalue weighted by Crippen LogP contribution is 2.46. The zero-order valence-corrected chi connectivity index (χ0v) is 13.5. The maximum atomic E-state index is 12.6. The molecule has 1 fully saturated rings. The Hall–Kier alpha value is -1.20. The molecule has 0 heterocycles. The van der Waals surface area contributed by atoms with Gasteiger partial charge in [-0.2, -0.15) is 0 Å². The molecule has 0 aromatic rings. The van der Waals surface area contributed by atoms with Crippen LogP contribution >= 0.6 is 0 Å². The molecule has 6 unspecified atom stereocenters. The van der Waals surface area contributed by atoms with Crippen molar-refractivity contribution in [2.24, 2.45) is 23.7 Å². The standard InChI is InChI=1S/C17H26O5/c1-10-4-5-12-13(16(10)20)6-8-17(3,21)15(12)14(19)7-9-22-11(2)18/h6,8,10,12-13,15-16,20-21H,4-5,7,9H2,1-3H3.